The first-order valence-corrected chi connectivity index (χ1v) is 5.59. The number of hydrogen-bond donors (Lipinski definition) is 1. The summed E-state index contributed by atoms with van der Waals surface area (Å²) in [6.45, 7) is 2.50. The van der Waals surface area contributed by atoms with Gasteiger partial charge in [-0.2, -0.15) is 0 Å². The third kappa shape index (κ3) is 4.61. The monoisotopic (exact) mass is 199 g/mol. The van der Waals surface area contributed by atoms with E-state index in [2.05, 4.69) is 0 Å². The Labute approximate surface area is 86.0 Å². The number of carbonyl (C=O) groups is 1. The van der Waals surface area contributed by atoms with Crippen molar-refractivity contribution >= 4 is 5.97 Å². The maximum Gasteiger partial charge on any atom is 0.305 e. The highest BCUT2D eigenvalue weighted by Crippen LogP contribution is 2.29. The summed E-state index contributed by atoms with van der Waals surface area (Å²) in [4.78, 5) is 11.2. The minimum atomic E-state index is -0.0957. The van der Waals surface area contributed by atoms with E-state index in [0.717, 1.165) is 18.8 Å². The predicted octanol–water partition coefficient (Wildman–Crippen LogP) is 1.85. The van der Waals surface area contributed by atoms with Gasteiger partial charge in [-0.25, -0.2) is 0 Å². The first-order valence-electron chi connectivity index (χ1n) is 5.59. The predicted molar refractivity (Wildman–Crippen MR) is 55.8 cm³/mol. The van der Waals surface area contributed by atoms with E-state index < -0.39 is 0 Å². The molecule has 1 fully saturated rings. The Morgan fingerprint density at radius 3 is 2.79 bits per heavy atom. The van der Waals surface area contributed by atoms with Crippen LogP contribution >= 0.6 is 0 Å². The lowest BCUT2D eigenvalue weighted by Gasteiger charge is -2.24. The summed E-state index contributed by atoms with van der Waals surface area (Å²) in [5.41, 5.74) is 5.54. The van der Waals surface area contributed by atoms with Crippen LogP contribution in [0.15, 0.2) is 0 Å². The standard InChI is InChI=1S/C11H21NO2/c1-9(12)5-6-11(13)14-8-7-10-3-2-4-10/h9-10H,2-8,12H2,1H3. The lowest BCUT2D eigenvalue weighted by atomic mass is 9.83. The van der Waals surface area contributed by atoms with Gasteiger partial charge >= 0.3 is 5.97 Å². The molecule has 0 aromatic carbocycles. The van der Waals surface area contributed by atoms with Crippen molar-refractivity contribution in [2.75, 3.05) is 6.61 Å². The first-order chi connectivity index (χ1) is 6.68. The molecule has 0 radical (unpaired) electrons. The van der Waals surface area contributed by atoms with Gasteiger partial charge in [0.1, 0.15) is 0 Å². The molecule has 0 bridgehead atoms. The van der Waals surface area contributed by atoms with Gasteiger partial charge in [0.25, 0.3) is 0 Å². The molecule has 0 amide bonds. The molecular formula is C11H21NO2. The molecule has 1 saturated carbocycles. The van der Waals surface area contributed by atoms with Gasteiger partial charge < -0.3 is 10.5 Å². The highest BCUT2D eigenvalue weighted by atomic mass is 16.5. The third-order valence-electron chi connectivity index (χ3n) is 2.82. The summed E-state index contributed by atoms with van der Waals surface area (Å²) in [5, 5.41) is 0. The molecule has 14 heavy (non-hydrogen) atoms. The SMILES string of the molecule is CC(N)CCC(=O)OCCC1CCC1. The average molecular weight is 199 g/mol. The fraction of sp³-hybridized carbons (Fsp3) is 0.909. The van der Waals surface area contributed by atoms with Crippen molar-refractivity contribution in [2.24, 2.45) is 11.7 Å². The lowest BCUT2D eigenvalue weighted by molar-refractivity contribution is -0.144. The summed E-state index contributed by atoms with van der Waals surface area (Å²) in [7, 11) is 0. The van der Waals surface area contributed by atoms with E-state index >= 15 is 0 Å². The smallest absolute Gasteiger partial charge is 0.305 e. The number of esters is 1. The molecule has 0 aromatic heterocycles. The van der Waals surface area contributed by atoms with Gasteiger partial charge in [-0.05, 0) is 25.7 Å². The highest BCUT2D eigenvalue weighted by molar-refractivity contribution is 5.69. The van der Waals surface area contributed by atoms with Gasteiger partial charge in [-0.15, -0.1) is 0 Å². The summed E-state index contributed by atoms with van der Waals surface area (Å²) >= 11 is 0. The Morgan fingerprint density at radius 2 is 2.29 bits per heavy atom. The second kappa shape index (κ2) is 6.02. The fourth-order valence-corrected chi connectivity index (χ4v) is 1.54. The van der Waals surface area contributed by atoms with Gasteiger partial charge in [0.05, 0.1) is 6.61 Å². The molecule has 1 atom stereocenters. The minimum absolute atomic E-state index is 0.0918. The highest BCUT2D eigenvalue weighted by Gasteiger charge is 2.17. The molecule has 0 aromatic rings. The number of ether oxygens (including phenoxy) is 1. The van der Waals surface area contributed by atoms with Crippen LogP contribution in [0, 0.1) is 5.92 Å². The lowest BCUT2D eigenvalue weighted by Crippen LogP contribution is -2.18. The van der Waals surface area contributed by atoms with Crippen LogP contribution < -0.4 is 5.73 Å². The number of carbonyl (C=O) groups excluding carboxylic acids is 1. The Hall–Kier alpha value is -0.570. The fourth-order valence-electron chi connectivity index (χ4n) is 1.54. The molecular weight excluding hydrogens is 178 g/mol. The van der Waals surface area contributed by atoms with Crippen molar-refractivity contribution in [3.05, 3.63) is 0 Å². The summed E-state index contributed by atoms with van der Waals surface area (Å²) in [6, 6.07) is 0.0918. The average Bonchev–Trinajstić information content (AvgIpc) is 2.06. The number of hydrogen-bond acceptors (Lipinski definition) is 3. The number of nitrogens with two attached hydrogens (primary N) is 1. The maximum absolute atomic E-state index is 11.2. The molecule has 1 rings (SSSR count). The topological polar surface area (TPSA) is 52.3 Å². The molecule has 1 aliphatic carbocycles. The van der Waals surface area contributed by atoms with Crippen molar-refractivity contribution in [1.29, 1.82) is 0 Å². The molecule has 2 N–H and O–H groups in total. The van der Waals surface area contributed by atoms with Gasteiger partial charge in [0.15, 0.2) is 0 Å². The van der Waals surface area contributed by atoms with Crippen molar-refractivity contribution in [3.8, 4) is 0 Å². The third-order valence-corrected chi connectivity index (χ3v) is 2.82. The first kappa shape index (κ1) is 11.5. The number of rotatable bonds is 6. The molecule has 1 unspecified atom stereocenters. The second-order valence-corrected chi connectivity index (χ2v) is 4.32. The molecule has 0 heterocycles. The Bertz CT molecular complexity index is 176. The summed E-state index contributed by atoms with van der Waals surface area (Å²) in [5.74, 6) is 0.720. The van der Waals surface area contributed by atoms with Crippen LogP contribution in [0.4, 0.5) is 0 Å². The molecule has 1 aliphatic rings. The zero-order valence-electron chi connectivity index (χ0n) is 9.00. The van der Waals surface area contributed by atoms with Crippen molar-refractivity contribution in [2.45, 2.75) is 51.5 Å². The normalized spacial score (nSPS) is 18.7. The van der Waals surface area contributed by atoms with E-state index in [-0.39, 0.29) is 12.0 Å². The van der Waals surface area contributed by atoms with Crippen molar-refractivity contribution < 1.29 is 9.53 Å². The van der Waals surface area contributed by atoms with Crippen LogP contribution in [-0.2, 0) is 9.53 Å². The molecule has 3 nitrogen and oxygen atoms in total. The van der Waals surface area contributed by atoms with Crippen LogP contribution in [0.2, 0.25) is 0 Å². The quantitative estimate of drug-likeness (QED) is 0.664. The van der Waals surface area contributed by atoms with E-state index in [4.69, 9.17) is 10.5 Å². The van der Waals surface area contributed by atoms with E-state index in [0.29, 0.717) is 13.0 Å². The Morgan fingerprint density at radius 1 is 1.57 bits per heavy atom. The molecule has 0 saturated heterocycles. The van der Waals surface area contributed by atoms with Crippen LogP contribution in [0.3, 0.4) is 0 Å². The summed E-state index contributed by atoms with van der Waals surface area (Å²) < 4.78 is 5.10. The van der Waals surface area contributed by atoms with Crippen LogP contribution in [0.1, 0.15) is 45.4 Å². The second-order valence-electron chi connectivity index (χ2n) is 4.32. The molecule has 0 spiro atoms. The van der Waals surface area contributed by atoms with Crippen molar-refractivity contribution in [1.82, 2.24) is 0 Å². The van der Waals surface area contributed by atoms with Crippen molar-refractivity contribution in [3.63, 3.8) is 0 Å². The van der Waals surface area contributed by atoms with Gasteiger partial charge in [0, 0.05) is 12.5 Å². The van der Waals surface area contributed by atoms with Gasteiger partial charge in [-0.1, -0.05) is 19.3 Å². The van der Waals surface area contributed by atoms with Crippen LogP contribution in [-0.4, -0.2) is 18.6 Å². The van der Waals surface area contributed by atoms with E-state index in [1.54, 1.807) is 0 Å². The zero-order valence-corrected chi connectivity index (χ0v) is 9.00. The largest absolute Gasteiger partial charge is 0.466 e. The molecule has 82 valence electrons. The summed E-state index contributed by atoms with van der Waals surface area (Å²) in [6.07, 6.45) is 6.21. The minimum Gasteiger partial charge on any atom is -0.466 e. The van der Waals surface area contributed by atoms with Crippen LogP contribution in [0.25, 0.3) is 0 Å². The van der Waals surface area contributed by atoms with E-state index in [9.17, 15) is 4.79 Å². The van der Waals surface area contributed by atoms with Crippen LogP contribution in [0.5, 0.6) is 0 Å². The molecule has 3 heteroatoms. The molecule has 0 aliphatic heterocycles. The zero-order chi connectivity index (χ0) is 10.4. The van der Waals surface area contributed by atoms with Gasteiger partial charge in [0.2, 0.25) is 0 Å². The van der Waals surface area contributed by atoms with E-state index in [1.807, 2.05) is 6.92 Å². The maximum atomic E-state index is 11.2. The van der Waals surface area contributed by atoms with Gasteiger partial charge in [-0.3, -0.25) is 4.79 Å². The Balaban J connectivity index is 1.91. The Kier molecular flexibility index (Phi) is 4.94. The van der Waals surface area contributed by atoms with E-state index in [1.165, 1.54) is 19.3 Å².